The summed E-state index contributed by atoms with van der Waals surface area (Å²) in [6.07, 6.45) is -0.722. The van der Waals surface area contributed by atoms with Crippen LogP contribution in [0.25, 0.3) is 0 Å². The van der Waals surface area contributed by atoms with Crippen molar-refractivity contribution in [1.29, 1.82) is 5.26 Å². The van der Waals surface area contributed by atoms with Crippen LogP contribution < -0.4 is 0 Å². The highest BCUT2D eigenvalue weighted by molar-refractivity contribution is 5.21. The summed E-state index contributed by atoms with van der Waals surface area (Å²) in [4.78, 5) is 0. The number of benzene rings is 1. The standard InChI is InChI=1S/C11H11F2NO/c1-2-7(6-14)11(15)8-3-9(12)5-10(13)4-8/h3-5,7,11,15H,2H2,1H3. The fourth-order valence-electron chi connectivity index (χ4n) is 1.36. The highest BCUT2D eigenvalue weighted by Crippen LogP contribution is 2.25. The number of aliphatic hydroxyl groups is 1. The molecule has 2 unspecified atom stereocenters. The van der Waals surface area contributed by atoms with Crippen molar-refractivity contribution in [3.63, 3.8) is 0 Å². The predicted octanol–water partition coefficient (Wildman–Crippen LogP) is 2.55. The number of hydrogen-bond acceptors (Lipinski definition) is 2. The van der Waals surface area contributed by atoms with E-state index in [-0.39, 0.29) is 5.56 Å². The van der Waals surface area contributed by atoms with Gasteiger partial charge in [0, 0.05) is 6.07 Å². The van der Waals surface area contributed by atoms with Crippen LogP contribution in [0.2, 0.25) is 0 Å². The summed E-state index contributed by atoms with van der Waals surface area (Å²) < 4.78 is 25.7. The monoisotopic (exact) mass is 211 g/mol. The van der Waals surface area contributed by atoms with E-state index in [1.165, 1.54) is 0 Å². The first-order valence-electron chi connectivity index (χ1n) is 4.62. The van der Waals surface area contributed by atoms with Crippen molar-refractivity contribution in [2.75, 3.05) is 0 Å². The van der Waals surface area contributed by atoms with Crippen LogP contribution in [0.3, 0.4) is 0 Å². The van der Waals surface area contributed by atoms with Gasteiger partial charge in [0.25, 0.3) is 0 Å². The van der Waals surface area contributed by atoms with Crippen molar-refractivity contribution < 1.29 is 13.9 Å². The molecule has 80 valence electrons. The molecule has 1 N–H and O–H groups in total. The van der Waals surface area contributed by atoms with Gasteiger partial charge in [-0.05, 0) is 24.1 Å². The van der Waals surface area contributed by atoms with Crippen molar-refractivity contribution >= 4 is 0 Å². The summed E-state index contributed by atoms with van der Waals surface area (Å²) in [5.41, 5.74) is 0.0981. The molecule has 0 aliphatic heterocycles. The number of hydrogen-bond donors (Lipinski definition) is 1. The van der Waals surface area contributed by atoms with Gasteiger partial charge in [-0.3, -0.25) is 0 Å². The van der Waals surface area contributed by atoms with Gasteiger partial charge in [-0.1, -0.05) is 6.92 Å². The average Bonchev–Trinajstić information content (AvgIpc) is 2.18. The molecule has 0 saturated heterocycles. The topological polar surface area (TPSA) is 44.0 Å². The van der Waals surface area contributed by atoms with E-state index in [4.69, 9.17) is 5.26 Å². The first kappa shape index (κ1) is 11.6. The molecule has 0 heterocycles. The highest BCUT2D eigenvalue weighted by Gasteiger charge is 2.19. The summed E-state index contributed by atoms with van der Waals surface area (Å²) in [5, 5.41) is 18.4. The van der Waals surface area contributed by atoms with E-state index in [1.807, 2.05) is 6.07 Å². The molecule has 0 spiro atoms. The van der Waals surface area contributed by atoms with Crippen molar-refractivity contribution in [3.8, 4) is 6.07 Å². The Hall–Kier alpha value is -1.47. The van der Waals surface area contributed by atoms with Crippen LogP contribution in [-0.2, 0) is 0 Å². The largest absolute Gasteiger partial charge is 0.387 e. The molecule has 4 heteroatoms. The Labute approximate surface area is 86.8 Å². The molecule has 0 amide bonds. The maximum atomic E-state index is 12.8. The molecule has 0 radical (unpaired) electrons. The molecule has 1 rings (SSSR count). The van der Waals surface area contributed by atoms with Crippen LogP contribution in [0.5, 0.6) is 0 Å². The molecule has 1 aromatic rings. The third-order valence-electron chi connectivity index (χ3n) is 2.21. The number of aliphatic hydroxyl groups excluding tert-OH is 1. The van der Waals surface area contributed by atoms with Crippen molar-refractivity contribution in [2.45, 2.75) is 19.4 Å². The van der Waals surface area contributed by atoms with Gasteiger partial charge in [0.2, 0.25) is 0 Å². The quantitative estimate of drug-likeness (QED) is 0.834. The Balaban J connectivity index is 3.00. The Morgan fingerprint density at radius 3 is 2.27 bits per heavy atom. The van der Waals surface area contributed by atoms with E-state index < -0.39 is 23.7 Å². The van der Waals surface area contributed by atoms with Gasteiger partial charge in [0.05, 0.1) is 18.1 Å². The maximum absolute atomic E-state index is 12.8. The molecule has 0 aliphatic rings. The van der Waals surface area contributed by atoms with Gasteiger partial charge in [-0.15, -0.1) is 0 Å². The maximum Gasteiger partial charge on any atom is 0.126 e. The number of halogens is 2. The summed E-state index contributed by atoms with van der Waals surface area (Å²) in [7, 11) is 0. The third kappa shape index (κ3) is 2.74. The molecule has 15 heavy (non-hydrogen) atoms. The third-order valence-corrected chi connectivity index (χ3v) is 2.21. The van der Waals surface area contributed by atoms with Crippen LogP contribution in [-0.4, -0.2) is 5.11 Å². The van der Waals surface area contributed by atoms with Crippen LogP contribution in [0.1, 0.15) is 25.0 Å². The van der Waals surface area contributed by atoms with Gasteiger partial charge in [0.1, 0.15) is 11.6 Å². The summed E-state index contributed by atoms with van der Waals surface area (Å²) >= 11 is 0. The minimum atomic E-state index is -1.15. The second-order valence-corrected chi connectivity index (χ2v) is 3.29. The Morgan fingerprint density at radius 2 is 1.87 bits per heavy atom. The van der Waals surface area contributed by atoms with Gasteiger partial charge < -0.3 is 5.11 Å². The van der Waals surface area contributed by atoms with E-state index in [1.54, 1.807) is 6.92 Å². The second-order valence-electron chi connectivity index (χ2n) is 3.29. The van der Waals surface area contributed by atoms with E-state index >= 15 is 0 Å². The van der Waals surface area contributed by atoms with Gasteiger partial charge in [-0.2, -0.15) is 5.26 Å². The SMILES string of the molecule is CCC(C#N)C(O)c1cc(F)cc(F)c1. The van der Waals surface area contributed by atoms with Crippen LogP contribution >= 0.6 is 0 Å². The van der Waals surface area contributed by atoms with Crippen molar-refractivity contribution in [3.05, 3.63) is 35.4 Å². The highest BCUT2D eigenvalue weighted by atomic mass is 19.1. The fourth-order valence-corrected chi connectivity index (χ4v) is 1.36. The van der Waals surface area contributed by atoms with Gasteiger partial charge in [0.15, 0.2) is 0 Å². The molecular formula is C11H11F2NO. The van der Waals surface area contributed by atoms with Gasteiger partial charge >= 0.3 is 0 Å². The number of rotatable bonds is 3. The van der Waals surface area contributed by atoms with Crippen LogP contribution in [0.15, 0.2) is 18.2 Å². The minimum Gasteiger partial charge on any atom is -0.387 e. The smallest absolute Gasteiger partial charge is 0.126 e. The minimum absolute atomic E-state index is 0.0981. The zero-order chi connectivity index (χ0) is 11.4. The first-order valence-corrected chi connectivity index (χ1v) is 4.62. The molecule has 1 aromatic carbocycles. The van der Waals surface area contributed by atoms with Crippen LogP contribution in [0, 0.1) is 28.9 Å². The van der Waals surface area contributed by atoms with Crippen molar-refractivity contribution in [1.82, 2.24) is 0 Å². The Morgan fingerprint density at radius 1 is 1.33 bits per heavy atom. The summed E-state index contributed by atoms with van der Waals surface area (Å²) in [6.45, 7) is 1.73. The molecular weight excluding hydrogens is 200 g/mol. The molecule has 0 aromatic heterocycles. The zero-order valence-corrected chi connectivity index (χ0v) is 8.24. The van der Waals surface area contributed by atoms with E-state index in [0.29, 0.717) is 6.42 Å². The number of nitrogens with zero attached hydrogens (tertiary/aromatic N) is 1. The lowest BCUT2D eigenvalue weighted by atomic mass is 9.95. The Bertz CT molecular complexity index is 366. The van der Waals surface area contributed by atoms with Crippen molar-refractivity contribution in [2.24, 2.45) is 5.92 Å². The van der Waals surface area contributed by atoms with E-state index in [9.17, 15) is 13.9 Å². The lowest BCUT2D eigenvalue weighted by molar-refractivity contribution is 0.132. The second kappa shape index (κ2) is 4.85. The van der Waals surface area contributed by atoms with E-state index in [2.05, 4.69) is 0 Å². The summed E-state index contributed by atoms with van der Waals surface area (Å²) in [6, 6.07) is 4.69. The molecule has 0 saturated carbocycles. The molecule has 0 fully saturated rings. The summed E-state index contributed by atoms with van der Waals surface area (Å²) in [5.74, 6) is -2.15. The lowest BCUT2D eigenvalue weighted by Crippen LogP contribution is -2.10. The Kier molecular flexibility index (Phi) is 3.75. The predicted molar refractivity (Wildman–Crippen MR) is 50.7 cm³/mol. The van der Waals surface area contributed by atoms with Crippen LogP contribution in [0.4, 0.5) is 8.78 Å². The molecule has 2 atom stereocenters. The zero-order valence-electron chi connectivity index (χ0n) is 8.24. The first-order chi connectivity index (χ1) is 7.08. The molecule has 2 nitrogen and oxygen atoms in total. The van der Waals surface area contributed by atoms with Gasteiger partial charge in [-0.25, -0.2) is 8.78 Å². The molecule has 0 aliphatic carbocycles. The molecule has 0 bridgehead atoms. The van der Waals surface area contributed by atoms with E-state index in [0.717, 1.165) is 18.2 Å². The average molecular weight is 211 g/mol. The number of nitriles is 1. The normalized spacial score (nSPS) is 14.3. The fraction of sp³-hybridized carbons (Fsp3) is 0.364. The lowest BCUT2D eigenvalue weighted by Gasteiger charge is -2.15.